The Morgan fingerprint density at radius 3 is 1.32 bits per heavy atom. The Bertz CT molecular complexity index is 2390. The van der Waals surface area contributed by atoms with Crippen LogP contribution in [0.2, 0.25) is 0 Å². The molecule has 0 aliphatic heterocycles. The minimum atomic E-state index is 0.838. The maximum Gasteiger partial charge on any atom is 0.251 e. The van der Waals surface area contributed by atoms with Crippen LogP contribution in [0.3, 0.4) is 0 Å². The molecule has 62 heavy (non-hydrogen) atoms. The van der Waals surface area contributed by atoms with E-state index in [2.05, 4.69) is 144 Å². The largest absolute Gasteiger partial charge is 0.272 e. The van der Waals surface area contributed by atoms with Crippen LogP contribution in [0, 0.1) is 138 Å². The normalized spacial score (nSPS) is 10.2. The summed E-state index contributed by atoms with van der Waals surface area (Å²) in [6, 6.07) is 0. The summed E-state index contributed by atoms with van der Waals surface area (Å²) < 4.78 is 15.3. The Morgan fingerprint density at radius 2 is 1.08 bits per heavy atom. The van der Waals surface area contributed by atoms with E-state index in [9.17, 15) is 0 Å². The van der Waals surface area contributed by atoms with Gasteiger partial charge in [-0.1, -0.05) is 0 Å². The van der Waals surface area contributed by atoms with Crippen molar-refractivity contribution in [3.63, 3.8) is 0 Å². The number of benzene rings is 1. The molecule has 1 aromatic carbocycles. The lowest BCUT2D eigenvalue weighted by Crippen LogP contribution is -2.32. The SMILES string of the molecule is Cc1[nH]c(C)[n+](C)c1C.Cc1nc(C)n(C)n1.Cc1nc2c(C)c(C)c(C)c(C)c2s1.Cc1nn(C)c(C)c1C.Cc1nnc(C)s1.Cc1nsc(C)c1C.Cc1nsc(C)n1. The number of rotatable bonds is 0. The standard InChI is InChI=1S/C12H15NS.2C7H12N2.C6H9NS.C5H9N3.2C4H6N2S/c1-6-7(2)9(4)12-11(8(6)3)13-10(5)14-12;1-5-6(2)9(4)7(3)8-5;1-5-6(2)8-9(4)7(5)3;1-4-5(2)7-8-6(4)3;1-4-6-5(2)8(3)7-4;1-3-5-6-4(2)7-3;1-3-5-4(2)7-6-3/h1-5H3;2*1-4H3;2*1-3H3;2*1-2H3/p+1. The number of imidazole rings is 1. The molecule has 0 bridgehead atoms. The second kappa shape index (κ2) is 24.3. The molecule has 17 heteroatoms. The summed E-state index contributed by atoms with van der Waals surface area (Å²) >= 11 is 6.45. The molecule has 0 saturated heterocycles. The van der Waals surface area contributed by atoms with Gasteiger partial charge in [0.25, 0.3) is 5.82 Å². The molecule has 0 aliphatic rings. The lowest BCUT2D eigenvalue weighted by atomic mass is 9.99. The summed E-state index contributed by atoms with van der Waals surface area (Å²) in [5.74, 6) is 3.89. The number of aryl methyl sites for hydroxylation is 16. The molecule has 7 aromatic heterocycles. The smallest absolute Gasteiger partial charge is 0.251 e. The van der Waals surface area contributed by atoms with Crippen molar-refractivity contribution in [1.29, 1.82) is 0 Å². The zero-order valence-corrected chi connectivity index (χ0v) is 44.8. The van der Waals surface area contributed by atoms with Crippen LogP contribution in [0.1, 0.15) is 110 Å². The van der Waals surface area contributed by atoms with Crippen LogP contribution in [0.15, 0.2) is 0 Å². The van der Waals surface area contributed by atoms with Crippen LogP contribution in [-0.2, 0) is 21.1 Å². The third-order valence-corrected chi connectivity index (χ3v) is 14.1. The first kappa shape index (κ1) is 53.6. The molecule has 0 atom stereocenters. The van der Waals surface area contributed by atoms with Crippen molar-refractivity contribution in [2.24, 2.45) is 21.1 Å². The molecular formula is C45H70N13S4+. The Kier molecular flexibility index (Phi) is 21.0. The summed E-state index contributed by atoms with van der Waals surface area (Å²) in [6.07, 6.45) is 0. The summed E-state index contributed by atoms with van der Waals surface area (Å²) in [5, 5.41) is 20.1. The quantitative estimate of drug-likeness (QED) is 0.147. The lowest BCUT2D eigenvalue weighted by Gasteiger charge is -2.09. The maximum absolute atomic E-state index is 4.59. The molecule has 13 nitrogen and oxygen atoms in total. The van der Waals surface area contributed by atoms with Gasteiger partial charge in [0.05, 0.1) is 33.7 Å². The van der Waals surface area contributed by atoms with Crippen molar-refractivity contribution in [2.45, 2.75) is 138 Å². The third kappa shape index (κ3) is 15.6. The van der Waals surface area contributed by atoms with Gasteiger partial charge in [0.15, 0.2) is 0 Å². The van der Waals surface area contributed by atoms with Gasteiger partial charge in [-0.05, 0) is 174 Å². The van der Waals surface area contributed by atoms with E-state index in [4.69, 9.17) is 0 Å². The minimum absolute atomic E-state index is 0.838. The number of hydrogen-bond acceptors (Lipinski definition) is 13. The van der Waals surface area contributed by atoms with Crippen LogP contribution in [0.25, 0.3) is 10.2 Å². The molecule has 0 amide bonds. The minimum Gasteiger partial charge on any atom is -0.272 e. The number of aromatic nitrogens is 13. The zero-order chi connectivity index (χ0) is 47.3. The molecule has 8 rings (SSSR count). The van der Waals surface area contributed by atoms with Gasteiger partial charge in [0, 0.05) is 45.4 Å². The molecule has 1 N–H and O–H groups in total. The third-order valence-electron chi connectivity index (χ3n) is 10.6. The molecule has 8 aromatic rings. The highest BCUT2D eigenvalue weighted by Crippen LogP contribution is 2.32. The van der Waals surface area contributed by atoms with Gasteiger partial charge in [-0.3, -0.25) is 9.36 Å². The van der Waals surface area contributed by atoms with Gasteiger partial charge in [0.2, 0.25) is 0 Å². The second-order valence-corrected chi connectivity index (χ2v) is 19.8. The fraction of sp³-hybridized carbons (Fsp3) is 0.511. The summed E-state index contributed by atoms with van der Waals surface area (Å²) in [4.78, 5) is 17.2. The summed E-state index contributed by atoms with van der Waals surface area (Å²) in [6.45, 7) is 41.1. The number of aromatic amines is 1. The Hall–Kier alpha value is -4.58. The Labute approximate surface area is 386 Å². The fourth-order valence-electron chi connectivity index (χ4n) is 5.62. The average molecular weight is 921 g/mol. The molecule has 338 valence electrons. The van der Waals surface area contributed by atoms with Crippen molar-refractivity contribution in [2.75, 3.05) is 0 Å². The van der Waals surface area contributed by atoms with E-state index in [0.29, 0.717) is 0 Å². The number of hydrogen-bond donors (Lipinski definition) is 1. The van der Waals surface area contributed by atoms with E-state index in [1.165, 1.54) is 88.6 Å². The number of nitrogens with one attached hydrogen (secondary N) is 1. The van der Waals surface area contributed by atoms with E-state index >= 15 is 0 Å². The molecule has 0 unspecified atom stereocenters. The molecule has 7 heterocycles. The topological polar surface area (TPSA) is 146 Å². The highest BCUT2D eigenvalue weighted by atomic mass is 32.1. The van der Waals surface area contributed by atoms with Gasteiger partial charge < -0.3 is 0 Å². The average Bonchev–Trinajstić information content (AvgIpc) is 4.09. The van der Waals surface area contributed by atoms with Crippen molar-refractivity contribution in [3.05, 3.63) is 110 Å². The van der Waals surface area contributed by atoms with Gasteiger partial charge in [0.1, 0.15) is 43.9 Å². The van der Waals surface area contributed by atoms with Gasteiger partial charge in [-0.25, -0.2) is 24.5 Å². The second-order valence-electron chi connectivity index (χ2n) is 15.3. The molecule has 0 fully saturated rings. The maximum atomic E-state index is 4.59. The van der Waals surface area contributed by atoms with Crippen molar-refractivity contribution >= 4 is 56.0 Å². The molecule has 0 saturated carbocycles. The number of H-pyrrole nitrogens is 1. The first-order valence-corrected chi connectivity index (χ1v) is 23.5. The molecule has 0 radical (unpaired) electrons. The number of fused-ring (bicyclic) bond motifs is 1. The Balaban J connectivity index is 0.000000253. The molecule has 0 aliphatic carbocycles. The van der Waals surface area contributed by atoms with Crippen molar-refractivity contribution < 1.29 is 4.57 Å². The first-order valence-electron chi connectivity index (χ1n) is 20.4. The Morgan fingerprint density at radius 1 is 0.500 bits per heavy atom. The van der Waals surface area contributed by atoms with Gasteiger partial charge in [-0.2, -0.15) is 18.9 Å². The van der Waals surface area contributed by atoms with Crippen molar-refractivity contribution in [1.82, 2.24) is 58.4 Å². The molecule has 0 spiro atoms. The van der Waals surface area contributed by atoms with Crippen LogP contribution in [0.5, 0.6) is 0 Å². The highest BCUT2D eigenvalue weighted by molar-refractivity contribution is 7.18. The van der Waals surface area contributed by atoms with Crippen LogP contribution >= 0.6 is 45.7 Å². The first-order chi connectivity index (χ1) is 28.8. The number of nitrogens with zero attached hydrogens (tertiary/aromatic N) is 12. The summed E-state index contributed by atoms with van der Waals surface area (Å²) in [7, 11) is 5.92. The van der Waals surface area contributed by atoms with Gasteiger partial charge in [-0.15, -0.1) is 32.9 Å². The monoisotopic (exact) mass is 920 g/mol. The predicted octanol–water partition coefficient (Wildman–Crippen LogP) is 10.8. The van der Waals surface area contributed by atoms with E-state index in [0.717, 1.165) is 43.2 Å². The fourth-order valence-corrected chi connectivity index (χ4v) is 8.42. The van der Waals surface area contributed by atoms with Crippen LogP contribution in [-0.4, -0.2) is 58.4 Å². The van der Waals surface area contributed by atoms with Crippen molar-refractivity contribution in [3.8, 4) is 0 Å². The van der Waals surface area contributed by atoms with E-state index in [1.807, 2.05) is 74.2 Å². The summed E-state index contributed by atoms with van der Waals surface area (Å²) in [5.41, 5.74) is 15.5. The molecular weight excluding hydrogens is 851 g/mol. The van der Waals surface area contributed by atoms with E-state index < -0.39 is 0 Å². The van der Waals surface area contributed by atoms with Crippen LogP contribution in [0.4, 0.5) is 0 Å². The zero-order valence-electron chi connectivity index (χ0n) is 41.5. The van der Waals surface area contributed by atoms with Gasteiger partial charge >= 0.3 is 0 Å². The van der Waals surface area contributed by atoms with Crippen LogP contribution < -0.4 is 4.57 Å². The highest BCUT2D eigenvalue weighted by Gasteiger charge is 2.12. The predicted molar refractivity (Wildman–Crippen MR) is 262 cm³/mol. The van der Waals surface area contributed by atoms with E-state index in [-0.39, 0.29) is 0 Å². The van der Waals surface area contributed by atoms with E-state index in [1.54, 1.807) is 38.9 Å². The lowest BCUT2D eigenvalue weighted by molar-refractivity contribution is -0.682. The number of thiazole rings is 1.